The Morgan fingerprint density at radius 2 is 2.00 bits per heavy atom. The molecule has 30 heavy (non-hydrogen) atoms. The van der Waals surface area contributed by atoms with Gasteiger partial charge in [-0.1, -0.05) is 19.1 Å². The summed E-state index contributed by atoms with van der Waals surface area (Å²) in [6.45, 7) is 2.14. The largest absolute Gasteiger partial charge is 0.491 e. The fourth-order valence-electron chi connectivity index (χ4n) is 3.18. The maximum atomic E-state index is 13.2. The Morgan fingerprint density at radius 3 is 2.77 bits per heavy atom. The minimum atomic E-state index is -0.889. The zero-order valence-electron chi connectivity index (χ0n) is 16.4. The van der Waals surface area contributed by atoms with Gasteiger partial charge in [0, 0.05) is 0 Å². The Morgan fingerprint density at radius 1 is 1.20 bits per heavy atom. The third-order valence-corrected chi connectivity index (χ3v) is 4.78. The average Bonchev–Trinajstić information content (AvgIpc) is 3.20. The highest BCUT2D eigenvalue weighted by Gasteiger charge is 2.14. The van der Waals surface area contributed by atoms with E-state index in [0.29, 0.717) is 22.5 Å². The van der Waals surface area contributed by atoms with E-state index in [1.165, 1.54) is 33.9 Å². The van der Waals surface area contributed by atoms with E-state index < -0.39 is 6.10 Å². The second kappa shape index (κ2) is 8.46. The molecule has 2 aromatic heterocycles. The third-order valence-electron chi connectivity index (χ3n) is 4.78. The fourth-order valence-corrected chi connectivity index (χ4v) is 3.18. The number of hydrogen-bond acceptors (Lipinski definition) is 5. The van der Waals surface area contributed by atoms with Crippen LogP contribution in [0.2, 0.25) is 0 Å². The Kier molecular flexibility index (Phi) is 5.58. The van der Waals surface area contributed by atoms with Crippen molar-refractivity contribution in [1.82, 2.24) is 19.3 Å². The van der Waals surface area contributed by atoms with Gasteiger partial charge >= 0.3 is 0 Å². The molecule has 0 saturated carbocycles. The van der Waals surface area contributed by atoms with Gasteiger partial charge in [0.2, 0.25) is 0 Å². The molecule has 4 aromatic rings. The van der Waals surface area contributed by atoms with Crippen molar-refractivity contribution in [1.29, 1.82) is 0 Å². The average molecular weight is 408 g/mol. The molecule has 0 aliphatic heterocycles. The Balaban J connectivity index is 1.50. The highest BCUT2D eigenvalue weighted by molar-refractivity contribution is 5.74. The van der Waals surface area contributed by atoms with Gasteiger partial charge in [-0.15, -0.1) is 0 Å². The lowest BCUT2D eigenvalue weighted by Gasteiger charge is -2.14. The second-order valence-corrected chi connectivity index (χ2v) is 6.94. The number of nitrogens with zero attached hydrogens (tertiary/aromatic N) is 4. The Hall–Kier alpha value is -3.52. The SMILES string of the molecule is CCc1cccc(OCC(O)Cn2cnc3c(cnn3-c3ccc(F)cc3)c2=O)c1. The summed E-state index contributed by atoms with van der Waals surface area (Å²) in [5, 5.41) is 14.8. The van der Waals surface area contributed by atoms with E-state index in [1.807, 2.05) is 24.3 Å². The van der Waals surface area contributed by atoms with Gasteiger partial charge in [-0.05, 0) is 48.4 Å². The molecule has 2 aromatic carbocycles. The van der Waals surface area contributed by atoms with Gasteiger partial charge in [0.05, 0.1) is 18.4 Å². The molecule has 1 N–H and O–H groups in total. The molecule has 0 saturated heterocycles. The molecule has 0 bridgehead atoms. The molecule has 0 fully saturated rings. The zero-order chi connectivity index (χ0) is 21.1. The van der Waals surface area contributed by atoms with E-state index in [0.717, 1.165) is 12.0 Å². The van der Waals surface area contributed by atoms with E-state index >= 15 is 0 Å². The van der Waals surface area contributed by atoms with Crippen LogP contribution < -0.4 is 10.3 Å². The summed E-state index contributed by atoms with van der Waals surface area (Å²) < 4.78 is 21.6. The summed E-state index contributed by atoms with van der Waals surface area (Å²) in [7, 11) is 0. The number of benzene rings is 2. The molecule has 8 heteroatoms. The molecule has 0 radical (unpaired) electrons. The molecular weight excluding hydrogens is 387 g/mol. The molecule has 7 nitrogen and oxygen atoms in total. The highest BCUT2D eigenvalue weighted by atomic mass is 19.1. The molecule has 4 rings (SSSR count). The van der Waals surface area contributed by atoms with Crippen LogP contribution in [0.15, 0.2) is 65.8 Å². The van der Waals surface area contributed by atoms with Gasteiger partial charge in [-0.3, -0.25) is 9.36 Å². The zero-order valence-corrected chi connectivity index (χ0v) is 16.4. The molecule has 1 unspecified atom stereocenters. The summed E-state index contributed by atoms with van der Waals surface area (Å²) >= 11 is 0. The maximum Gasteiger partial charge on any atom is 0.264 e. The van der Waals surface area contributed by atoms with E-state index in [1.54, 1.807) is 12.1 Å². The lowest BCUT2D eigenvalue weighted by Crippen LogP contribution is -2.30. The van der Waals surface area contributed by atoms with E-state index in [4.69, 9.17) is 4.74 Å². The van der Waals surface area contributed by atoms with Crippen molar-refractivity contribution in [2.45, 2.75) is 26.0 Å². The number of hydrogen-bond donors (Lipinski definition) is 1. The van der Waals surface area contributed by atoms with E-state index in [2.05, 4.69) is 17.0 Å². The van der Waals surface area contributed by atoms with Crippen molar-refractivity contribution >= 4 is 11.0 Å². The van der Waals surface area contributed by atoms with Crippen molar-refractivity contribution in [3.05, 3.63) is 82.8 Å². The summed E-state index contributed by atoms with van der Waals surface area (Å²) in [6.07, 6.45) is 2.79. The van der Waals surface area contributed by atoms with Crippen molar-refractivity contribution in [2.24, 2.45) is 0 Å². The molecule has 0 aliphatic carbocycles. The number of aliphatic hydroxyl groups excluding tert-OH is 1. The van der Waals surface area contributed by atoms with Gasteiger partial charge in [-0.2, -0.15) is 5.10 Å². The Labute approximate surface area is 172 Å². The number of aliphatic hydroxyl groups is 1. The van der Waals surface area contributed by atoms with Crippen LogP contribution in [0, 0.1) is 5.82 Å². The van der Waals surface area contributed by atoms with Crippen molar-refractivity contribution in [3.8, 4) is 11.4 Å². The topological polar surface area (TPSA) is 82.2 Å². The van der Waals surface area contributed by atoms with E-state index in [9.17, 15) is 14.3 Å². The molecule has 2 heterocycles. The minimum Gasteiger partial charge on any atom is -0.491 e. The van der Waals surface area contributed by atoms with Gasteiger partial charge in [-0.25, -0.2) is 14.1 Å². The molecule has 1 atom stereocenters. The number of fused-ring (bicyclic) bond motifs is 1. The summed E-state index contributed by atoms with van der Waals surface area (Å²) in [4.78, 5) is 17.1. The maximum absolute atomic E-state index is 13.2. The quantitative estimate of drug-likeness (QED) is 0.509. The van der Waals surface area contributed by atoms with Crippen LogP contribution in [-0.2, 0) is 13.0 Å². The number of rotatable bonds is 7. The highest BCUT2D eigenvalue weighted by Crippen LogP contribution is 2.15. The predicted molar refractivity (Wildman–Crippen MR) is 110 cm³/mol. The summed E-state index contributed by atoms with van der Waals surface area (Å²) in [5.74, 6) is 0.318. The Bertz CT molecular complexity index is 1220. The first kappa shape index (κ1) is 19.8. The fraction of sp³-hybridized carbons (Fsp3) is 0.227. The van der Waals surface area contributed by atoms with Crippen molar-refractivity contribution < 1.29 is 14.2 Å². The smallest absolute Gasteiger partial charge is 0.264 e. The van der Waals surface area contributed by atoms with Crippen LogP contribution in [0.4, 0.5) is 4.39 Å². The normalized spacial score (nSPS) is 12.2. The van der Waals surface area contributed by atoms with Crippen molar-refractivity contribution in [2.75, 3.05) is 6.61 Å². The molecule has 0 aliphatic rings. The van der Waals surface area contributed by atoms with E-state index in [-0.39, 0.29) is 24.5 Å². The minimum absolute atomic E-state index is 0.0387. The third kappa shape index (κ3) is 4.08. The van der Waals surface area contributed by atoms with Crippen LogP contribution in [0.5, 0.6) is 5.75 Å². The first-order valence-electron chi connectivity index (χ1n) is 9.64. The first-order valence-corrected chi connectivity index (χ1v) is 9.64. The molecule has 0 amide bonds. The monoisotopic (exact) mass is 408 g/mol. The van der Waals surface area contributed by atoms with Crippen LogP contribution in [0.3, 0.4) is 0 Å². The standard InChI is InChI=1S/C22H21FN4O3/c1-2-15-4-3-5-19(10-15)30-13-18(28)12-26-14-24-21-20(22(26)29)11-25-27(21)17-8-6-16(23)7-9-17/h3-11,14,18,28H,2,12-13H2,1H3. The number of aromatic nitrogens is 4. The molecule has 154 valence electrons. The molecular formula is C22H21FN4O3. The van der Waals surface area contributed by atoms with Crippen LogP contribution in [-0.4, -0.2) is 37.1 Å². The van der Waals surface area contributed by atoms with Crippen molar-refractivity contribution in [3.63, 3.8) is 0 Å². The number of halogens is 1. The number of aryl methyl sites for hydroxylation is 1. The van der Waals surface area contributed by atoms with Crippen LogP contribution >= 0.6 is 0 Å². The van der Waals surface area contributed by atoms with Crippen LogP contribution in [0.1, 0.15) is 12.5 Å². The summed E-state index contributed by atoms with van der Waals surface area (Å²) in [5.41, 5.74) is 1.79. The molecule has 0 spiro atoms. The van der Waals surface area contributed by atoms with Gasteiger partial charge in [0.25, 0.3) is 5.56 Å². The first-order chi connectivity index (χ1) is 14.5. The van der Waals surface area contributed by atoms with Gasteiger partial charge in [0.1, 0.15) is 36.0 Å². The lowest BCUT2D eigenvalue weighted by molar-refractivity contribution is 0.0914. The second-order valence-electron chi connectivity index (χ2n) is 6.94. The van der Waals surface area contributed by atoms with Crippen LogP contribution in [0.25, 0.3) is 16.7 Å². The van der Waals surface area contributed by atoms with Gasteiger partial charge < -0.3 is 9.84 Å². The predicted octanol–water partition coefficient (Wildman–Crippen LogP) is 2.72. The van der Waals surface area contributed by atoms with Gasteiger partial charge in [0.15, 0.2) is 5.65 Å². The summed E-state index contributed by atoms with van der Waals surface area (Å²) in [6, 6.07) is 13.4. The lowest BCUT2D eigenvalue weighted by atomic mass is 10.2. The number of ether oxygens (including phenoxy) is 1.